The molecule has 0 saturated carbocycles. The second-order valence-corrected chi connectivity index (χ2v) is 5.94. The average Bonchev–Trinajstić information content (AvgIpc) is 2.50. The van der Waals surface area contributed by atoms with E-state index in [2.05, 4.69) is 9.97 Å². The Bertz CT molecular complexity index is 897. The largest absolute Gasteiger partial charge is 0.506 e. The van der Waals surface area contributed by atoms with Gasteiger partial charge >= 0.3 is 0 Å². The number of anilines is 1. The summed E-state index contributed by atoms with van der Waals surface area (Å²) in [4.78, 5) is 8.48. The van der Waals surface area contributed by atoms with Gasteiger partial charge in [0.1, 0.15) is 5.75 Å². The summed E-state index contributed by atoms with van der Waals surface area (Å²) in [6.45, 7) is 1.99. The molecule has 23 heavy (non-hydrogen) atoms. The van der Waals surface area contributed by atoms with Crippen LogP contribution in [0.15, 0.2) is 42.5 Å². The normalized spacial score (nSPS) is 10.7. The molecule has 0 fully saturated rings. The lowest BCUT2D eigenvalue weighted by Gasteiger charge is -2.10. The molecule has 0 aliphatic carbocycles. The van der Waals surface area contributed by atoms with Crippen molar-refractivity contribution >= 4 is 29.2 Å². The van der Waals surface area contributed by atoms with Crippen LogP contribution in [0.5, 0.6) is 5.75 Å². The molecule has 3 N–H and O–H groups in total. The van der Waals surface area contributed by atoms with Gasteiger partial charge in [0.05, 0.1) is 16.4 Å². The molecule has 3 aromatic rings. The molecule has 0 aliphatic rings. The van der Waals surface area contributed by atoms with Crippen molar-refractivity contribution in [2.45, 2.75) is 6.92 Å². The summed E-state index contributed by atoms with van der Waals surface area (Å²) in [5.74, 6) is 0.0150. The Morgan fingerprint density at radius 1 is 0.957 bits per heavy atom. The van der Waals surface area contributed by atoms with Crippen LogP contribution < -0.4 is 5.73 Å². The van der Waals surface area contributed by atoms with Gasteiger partial charge in [0, 0.05) is 16.1 Å². The van der Waals surface area contributed by atoms with Crippen LogP contribution in [0.4, 0.5) is 5.95 Å². The zero-order chi connectivity index (χ0) is 16.6. The predicted octanol–water partition coefficient (Wildman–Crippen LogP) is 4.71. The van der Waals surface area contributed by atoms with E-state index in [9.17, 15) is 5.11 Å². The first kappa shape index (κ1) is 15.6. The number of nitrogens with zero attached hydrogens (tertiary/aromatic N) is 2. The molecule has 0 unspecified atom stereocenters. The zero-order valence-corrected chi connectivity index (χ0v) is 13.7. The third kappa shape index (κ3) is 3.09. The van der Waals surface area contributed by atoms with Crippen LogP contribution in [0.25, 0.3) is 22.5 Å². The highest BCUT2D eigenvalue weighted by molar-refractivity contribution is 6.36. The first-order valence-corrected chi connectivity index (χ1v) is 7.60. The number of nitrogen functional groups attached to an aromatic ring is 1. The molecule has 3 rings (SSSR count). The number of nitrogens with two attached hydrogens (primary N) is 1. The second-order valence-electron chi connectivity index (χ2n) is 5.10. The number of halogens is 2. The minimum Gasteiger partial charge on any atom is -0.506 e. The van der Waals surface area contributed by atoms with Gasteiger partial charge in [-0.3, -0.25) is 0 Å². The molecule has 0 radical (unpaired) electrons. The fourth-order valence-corrected chi connectivity index (χ4v) is 2.86. The van der Waals surface area contributed by atoms with E-state index in [1.807, 2.05) is 31.2 Å². The number of benzene rings is 2. The fourth-order valence-electron chi connectivity index (χ4n) is 2.36. The van der Waals surface area contributed by atoms with E-state index in [0.717, 1.165) is 11.1 Å². The quantitative estimate of drug-likeness (QED) is 0.705. The van der Waals surface area contributed by atoms with Crippen molar-refractivity contribution in [1.29, 1.82) is 0 Å². The van der Waals surface area contributed by atoms with Gasteiger partial charge in [0.15, 0.2) is 0 Å². The first-order valence-electron chi connectivity index (χ1n) is 6.84. The summed E-state index contributed by atoms with van der Waals surface area (Å²) in [5.41, 5.74) is 9.37. The van der Waals surface area contributed by atoms with Gasteiger partial charge in [0.2, 0.25) is 5.95 Å². The SMILES string of the molecule is Cc1ccccc1-c1cc(-c2cc(Cl)cc(Cl)c2O)nc(N)n1. The second kappa shape index (κ2) is 6.07. The molecule has 0 bridgehead atoms. The van der Waals surface area contributed by atoms with Crippen LogP contribution in [-0.4, -0.2) is 15.1 Å². The Balaban J connectivity index is 2.22. The minimum absolute atomic E-state index is 0.0927. The van der Waals surface area contributed by atoms with Crippen LogP contribution in [0.2, 0.25) is 10.0 Å². The van der Waals surface area contributed by atoms with E-state index < -0.39 is 0 Å². The number of aromatic nitrogens is 2. The highest BCUT2D eigenvalue weighted by atomic mass is 35.5. The molecule has 0 aliphatic heterocycles. The maximum absolute atomic E-state index is 10.2. The minimum atomic E-state index is -0.0927. The molecule has 6 heteroatoms. The van der Waals surface area contributed by atoms with Gasteiger partial charge in [-0.1, -0.05) is 47.5 Å². The first-order chi connectivity index (χ1) is 11.0. The lowest BCUT2D eigenvalue weighted by Crippen LogP contribution is -1.99. The Labute approximate surface area is 143 Å². The molecule has 1 heterocycles. The summed E-state index contributed by atoms with van der Waals surface area (Å²) < 4.78 is 0. The number of phenolic OH excluding ortho intramolecular Hbond substituents is 1. The fraction of sp³-hybridized carbons (Fsp3) is 0.0588. The van der Waals surface area contributed by atoms with Crippen molar-refractivity contribution < 1.29 is 5.11 Å². The summed E-state index contributed by atoms with van der Waals surface area (Å²) in [5, 5.41) is 10.7. The summed E-state index contributed by atoms with van der Waals surface area (Å²) in [6.07, 6.45) is 0. The van der Waals surface area contributed by atoms with Crippen molar-refractivity contribution in [3.8, 4) is 28.3 Å². The molecule has 1 aromatic heterocycles. The van der Waals surface area contributed by atoms with Crippen LogP contribution >= 0.6 is 23.2 Å². The number of aromatic hydroxyl groups is 1. The topological polar surface area (TPSA) is 72.0 Å². The Hall–Kier alpha value is -2.30. The number of phenols is 1. The number of aryl methyl sites for hydroxylation is 1. The smallest absolute Gasteiger partial charge is 0.221 e. The molecule has 0 saturated heterocycles. The monoisotopic (exact) mass is 345 g/mol. The van der Waals surface area contributed by atoms with Gasteiger partial charge in [0.25, 0.3) is 0 Å². The van der Waals surface area contributed by atoms with Crippen molar-refractivity contribution in [3.05, 3.63) is 58.1 Å². The summed E-state index contributed by atoms with van der Waals surface area (Å²) in [6, 6.07) is 12.6. The third-order valence-corrected chi connectivity index (χ3v) is 3.97. The molecule has 0 spiro atoms. The third-order valence-electron chi connectivity index (χ3n) is 3.47. The van der Waals surface area contributed by atoms with E-state index in [-0.39, 0.29) is 16.7 Å². The van der Waals surface area contributed by atoms with Crippen molar-refractivity contribution in [1.82, 2.24) is 9.97 Å². The Morgan fingerprint density at radius 3 is 2.30 bits per heavy atom. The average molecular weight is 346 g/mol. The number of hydrogen-bond donors (Lipinski definition) is 2. The standard InChI is InChI=1S/C17H13Cl2N3O/c1-9-4-2-3-5-11(9)14-8-15(22-17(20)21-14)12-6-10(18)7-13(19)16(12)23/h2-8,23H,1H3,(H2,20,21,22). The van der Waals surface area contributed by atoms with Gasteiger partial charge in [-0.2, -0.15) is 0 Å². The lowest BCUT2D eigenvalue weighted by atomic mass is 10.0. The van der Waals surface area contributed by atoms with Gasteiger partial charge < -0.3 is 10.8 Å². The predicted molar refractivity (Wildman–Crippen MR) is 93.7 cm³/mol. The molecule has 2 aromatic carbocycles. The van der Waals surface area contributed by atoms with Gasteiger partial charge in [-0.15, -0.1) is 0 Å². The van der Waals surface area contributed by atoms with Gasteiger partial charge in [-0.25, -0.2) is 9.97 Å². The van der Waals surface area contributed by atoms with Crippen LogP contribution in [0, 0.1) is 6.92 Å². The van der Waals surface area contributed by atoms with E-state index >= 15 is 0 Å². The highest BCUT2D eigenvalue weighted by Crippen LogP contribution is 2.38. The van der Waals surface area contributed by atoms with E-state index in [4.69, 9.17) is 28.9 Å². The molecule has 0 amide bonds. The van der Waals surface area contributed by atoms with Crippen LogP contribution in [-0.2, 0) is 0 Å². The van der Waals surface area contributed by atoms with E-state index in [1.165, 1.54) is 6.07 Å². The summed E-state index contributed by atoms with van der Waals surface area (Å²) in [7, 11) is 0. The molecular weight excluding hydrogens is 333 g/mol. The Morgan fingerprint density at radius 2 is 1.61 bits per heavy atom. The van der Waals surface area contributed by atoms with E-state index in [1.54, 1.807) is 12.1 Å². The highest BCUT2D eigenvalue weighted by Gasteiger charge is 2.14. The lowest BCUT2D eigenvalue weighted by molar-refractivity contribution is 0.477. The van der Waals surface area contributed by atoms with Crippen molar-refractivity contribution in [2.75, 3.05) is 5.73 Å². The molecular formula is C17H13Cl2N3O. The van der Waals surface area contributed by atoms with Gasteiger partial charge in [-0.05, 0) is 30.7 Å². The molecule has 116 valence electrons. The van der Waals surface area contributed by atoms with Crippen LogP contribution in [0.3, 0.4) is 0 Å². The molecule has 0 atom stereocenters. The number of rotatable bonds is 2. The molecule has 4 nitrogen and oxygen atoms in total. The number of hydrogen-bond acceptors (Lipinski definition) is 4. The van der Waals surface area contributed by atoms with Crippen molar-refractivity contribution in [2.24, 2.45) is 0 Å². The zero-order valence-electron chi connectivity index (χ0n) is 12.2. The maximum atomic E-state index is 10.2. The Kier molecular flexibility index (Phi) is 4.11. The maximum Gasteiger partial charge on any atom is 0.221 e. The van der Waals surface area contributed by atoms with Crippen molar-refractivity contribution in [3.63, 3.8) is 0 Å². The van der Waals surface area contributed by atoms with E-state index in [0.29, 0.717) is 22.0 Å². The summed E-state index contributed by atoms with van der Waals surface area (Å²) >= 11 is 12.0. The van der Waals surface area contributed by atoms with Crippen LogP contribution in [0.1, 0.15) is 5.56 Å².